The molecule has 0 radical (unpaired) electrons. The van der Waals surface area contributed by atoms with Crippen LogP contribution in [0.5, 0.6) is 0 Å². The largest absolute Gasteiger partial charge is 0.537 e. The second-order valence-corrected chi connectivity index (χ2v) is 7.69. The van der Waals surface area contributed by atoms with Crippen molar-refractivity contribution in [2.24, 2.45) is 0 Å². The van der Waals surface area contributed by atoms with Gasteiger partial charge in [-0.1, -0.05) is 33.9 Å². The first-order valence-electron chi connectivity index (χ1n) is 6.69. The first kappa shape index (κ1) is 20.6. The van der Waals surface area contributed by atoms with Crippen LogP contribution in [0, 0.1) is 6.92 Å². The lowest BCUT2D eigenvalue weighted by molar-refractivity contribution is 0.0858. The van der Waals surface area contributed by atoms with Gasteiger partial charge in [-0.15, -0.1) is 0 Å². The molecule has 21 heavy (non-hydrogen) atoms. The molecule has 122 valence electrons. The summed E-state index contributed by atoms with van der Waals surface area (Å²) in [4.78, 5) is 0. The minimum Gasteiger partial charge on any atom is -0.459 e. The Hall–Kier alpha value is -0.353. The van der Waals surface area contributed by atoms with Crippen molar-refractivity contribution in [3.63, 3.8) is 0 Å². The van der Waals surface area contributed by atoms with Gasteiger partial charge in [0.15, 0.2) is 0 Å². The monoisotopic (exact) mass is 351 g/mol. The molecule has 1 rings (SSSR count). The molecule has 0 amide bonds. The third-order valence-corrected chi connectivity index (χ3v) is 5.70. The predicted octanol–water partition coefficient (Wildman–Crippen LogP) is 2.14. The third kappa shape index (κ3) is 7.46. The molecule has 5 nitrogen and oxygen atoms in total. The number of aryl methyl sites for hydroxylation is 1. The Bertz CT molecular complexity index is 454. The molecule has 1 N–H and O–H groups in total. The quantitative estimate of drug-likeness (QED) is 0.461. The molecule has 0 aliphatic rings. The fraction of sp³-hybridized carbons (Fsp3) is 0.538. The van der Waals surface area contributed by atoms with E-state index in [0.717, 1.165) is 10.8 Å². The summed E-state index contributed by atoms with van der Waals surface area (Å²) >= 11 is 3.65. The van der Waals surface area contributed by atoms with E-state index in [2.05, 4.69) is 24.2 Å². The maximum absolute atomic E-state index is 8.93. The molecule has 0 bridgehead atoms. The summed E-state index contributed by atoms with van der Waals surface area (Å²) in [5.74, 6) is 0. The zero-order chi connectivity index (χ0) is 16.3. The number of hydrogen-bond acceptors (Lipinski definition) is 6. The Morgan fingerprint density at radius 2 is 1.48 bits per heavy atom. The van der Waals surface area contributed by atoms with Gasteiger partial charge in [-0.05, 0) is 33.3 Å². The fourth-order valence-electron chi connectivity index (χ4n) is 1.84. The van der Waals surface area contributed by atoms with Gasteiger partial charge in [0.05, 0.1) is 0 Å². The standard InChI is InChI=1S/C13H22O3Si.HO2S2/c1-5-14-17(15-6-2,16-7-3)13-11-9-8-10-12(13)4;1-4(2)3/h8-11H,5-7H2,1-4H3;(H,1,2,3)/q;-1. The van der Waals surface area contributed by atoms with Crippen LogP contribution < -0.4 is 5.19 Å². The molecule has 8 heteroatoms. The number of benzene rings is 1. The van der Waals surface area contributed by atoms with Crippen molar-refractivity contribution in [2.45, 2.75) is 27.7 Å². The van der Waals surface area contributed by atoms with Crippen molar-refractivity contribution in [3.8, 4) is 0 Å². The summed E-state index contributed by atoms with van der Waals surface area (Å²) in [7, 11) is -4.74. The molecule has 1 aromatic carbocycles. The normalized spacial score (nSPS) is 11.1. The van der Waals surface area contributed by atoms with Crippen molar-refractivity contribution >= 4 is 34.8 Å². The topological polar surface area (TPSA) is 65.0 Å². The summed E-state index contributed by atoms with van der Waals surface area (Å²) in [6.45, 7) is 9.77. The van der Waals surface area contributed by atoms with E-state index < -0.39 is 18.4 Å². The minimum atomic E-state index is -2.72. The second-order valence-electron chi connectivity index (χ2n) is 3.89. The van der Waals surface area contributed by atoms with E-state index >= 15 is 0 Å². The molecule has 0 saturated heterocycles. The lowest BCUT2D eigenvalue weighted by Crippen LogP contribution is -2.57. The highest BCUT2D eigenvalue weighted by atomic mass is 32.8. The smallest absolute Gasteiger partial charge is 0.459 e. The number of rotatable bonds is 7. The van der Waals surface area contributed by atoms with Crippen molar-refractivity contribution in [1.29, 1.82) is 0 Å². The van der Waals surface area contributed by atoms with Crippen molar-refractivity contribution in [3.05, 3.63) is 29.8 Å². The summed E-state index contributed by atoms with van der Waals surface area (Å²) < 4.78 is 33.9. The molecular formula is C13H23O5S2Si-. The molecule has 0 heterocycles. The average molecular weight is 352 g/mol. The molecule has 0 aromatic heterocycles. The number of hydrogen-bond donors (Lipinski definition) is 1. The van der Waals surface area contributed by atoms with Gasteiger partial charge in [0.2, 0.25) is 0 Å². The molecule has 0 saturated carbocycles. The molecule has 1 aromatic rings. The van der Waals surface area contributed by atoms with E-state index in [4.69, 9.17) is 22.0 Å². The van der Waals surface area contributed by atoms with Gasteiger partial charge in [-0.2, -0.15) is 0 Å². The Balaban J connectivity index is 0.000000885. The van der Waals surface area contributed by atoms with Crippen LogP contribution in [0.2, 0.25) is 0 Å². The van der Waals surface area contributed by atoms with Crippen LogP contribution in [0.4, 0.5) is 0 Å². The molecule has 0 atom stereocenters. The summed E-state index contributed by atoms with van der Waals surface area (Å²) in [6.07, 6.45) is 0. The van der Waals surface area contributed by atoms with Crippen molar-refractivity contribution in [1.82, 2.24) is 0 Å². The second kappa shape index (κ2) is 11.2. The maximum Gasteiger partial charge on any atom is 0.537 e. The molecule has 0 aliphatic heterocycles. The Morgan fingerprint density at radius 3 is 1.81 bits per heavy atom. The van der Waals surface area contributed by atoms with Gasteiger partial charge >= 0.3 is 8.80 Å². The van der Waals surface area contributed by atoms with Crippen LogP contribution in [-0.4, -0.2) is 33.2 Å². The lowest BCUT2D eigenvalue weighted by atomic mass is 10.2. The first-order chi connectivity index (χ1) is 9.93. The van der Waals surface area contributed by atoms with E-state index in [1.807, 2.05) is 39.0 Å². The van der Waals surface area contributed by atoms with Crippen LogP contribution in [0.15, 0.2) is 24.3 Å². The molecule has 0 unspecified atom stereocenters. The van der Waals surface area contributed by atoms with E-state index in [-0.39, 0.29) is 0 Å². The predicted molar refractivity (Wildman–Crippen MR) is 89.5 cm³/mol. The fourth-order valence-corrected chi connectivity index (χ4v) is 4.57. The highest BCUT2D eigenvalue weighted by Gasteiger charge is 2.44. The van der Waals surface area contributed by atoms with E-state index in [1.54, 1.807) is 0 Å². The van der Waals surface area contributed by atoms with Crippen LogP contribution in [0.1, 0.15) is 26.3 Å². The summed E-state index contributed by atoms with van der Waals surface area (Å²) in [5.41, 5.74) is 1.16. The van der Waals surface area contributed by atoms with Crippen LogP contribution in [-0.2, 0) is 38.3 Å². The SMILES string of the molecule is CCO[Si](OCC)(OCC)c1ccccc1C.O=[S-](O)=S. The van der Waals surface area contributed by atoms with Gasteiger partial charge in [0.1, 0.15) is 0 Å². The van der Waals surface area contributed by atoms with Gasteiger partial charge in [-0.25, -0.2) is 11.2 Å². The maximum atomic E-state index is 8.93. The Morgan fingerprint density at radius 1 is 1.10 bits per heavy atom. The third-order valence-electron chi connectivity index (χ3n) is 2.48. The molecule has 0 spiro atoms. The Kier molecular flexibility index (Phi) is 11.1. The van der Waals surface area contributed by atoms with Gasteiger partial charge in [0.25, 0.3) is 0 Å². The van der Waals surface area contributed by atoms with Crippen molar-refractivity contribution in [2.75, 3.05) is 19.8 Å². The molecule has 0 aliphatic carbocycles. The molecule has 0 fully saturated rings. The van der Waals surface area contributed by atoms with Gasteiger partial charge in [-0.3, -0.25) is 0 Å². The lowest BCUT2D eigenvalue weighted by Gasteiger charge is -2.29. The van der Waals surface area contributed by atoms with Crippen LogP contribution in [0.25, 0.3) is 0 Å². The van der Waals surface area contributed by atoms with E-state index in [1.165, 1.54) is 0 Å². The Labute approximate surface area is 134 Å². The summed E-state index contributed by atoms with van der Waals surface area (Å²) in [5, 5.41) is 1.07. The highest BCUT2D eigenvalue weighted by molar-refractivity contribution is 8.18. The van der Waals surface area contributed by atoms with Gasteiger partial charge < -0.3 is 22.0 Å². The average Bonchev–Trinajstić information content (AvgIpc) is 2.39. The first-order valence-corrected chi connectivity index (χ1v) is 10.4. The van der Waals surface area contributed by atoms with Crippen molar-refractivity contribution < 1.29 is 22.0 Å². The van der Waals surface area contributed by atoms with E-state index in [0.29, 0.717) is 19.8 Å². The minimum absolute atomic E-state index is 0.598. The zero-order valence-electron chi connectivity index (χ0n) is 12.8. The molecular weight excluding hydrogens is 328 g/mol. The van der Waals surface area contributed by atoms with Crippen LogP contribution >= 0.6 is 0 Å². The van der Waals surface area contributed by atoms with E-state index in [9.17, 15) is 0 Å². The highest BCUT2D eigenvalue weighted by Crippen LogP contribution is 2.13. The zero-order valence-corrected chi connectivity index (χ0v) is 15.5. The van der Waals surface area contributed by atoms with Gasteiger partial charge in [0, 0.05) is 25.0 Å². The van der Waals surface area contributed by atoms with Crippen LogP contribution in [0.3, 0.4) is 0 Å². The summed E-state index contributed by atoms with van der Waals surface area (Å²) in [6, 6.07) is 8.12.